The summed E-state index contributed by atoms with van der Waals surface area (Å²) in [6.45, 7) is 8.30. The molecule has 1 aromatic carbocycles. The molecule has 2 rings (SSSR count). The predicted octanol–water partition coefficient (Wildman–Crippen LogP) is -0.988. The molecule has 0 saturated heterocycles. The monoisotopic (exact) mass is 395 g/mol. The molecule has 0 unspecified atom stereocenters. The summed E-state index contributed by atoms with van der Waals surface area (Å²) in [6.07, 6.45) is 8.33. The Morgan fingerprint density at radius 3 is 2.00 bits per heavy atom. The fraction of sp³-hybridized carbons (Fsp3) is 0.353. The van der Waals surface area contributed by atoms with Gasteiger partial charge in [-0.3, -0.25) is 6.08 Å². The molecule has 0 heterocycles. The van der Waals surface area contributed by atoms with Crippen molar-refractivity contribution in [2.45, 2.75) is 39.5 Å². The molecule has 0 spiro atoms. The smallest absolute Gasteiger partial charge is 1.00 e. The molecule has 22 heavy (non-hydrogen) atoms. The van der Waals surface area contributed by atoms with Crippen molar-refractivity contribution in [2.75, 3.05) is 0 Å². The number of halogens is 3. The number of phenols is 1. The largest absolute Gasteiger partial charge is 1.00 e. The van der Waals surface area contributed by atoms with Crippen molar-refractivity contribution in [3.05, 3.63) is 52.6 Å². The van der Waals surface area contributed by atoms with E-state index in [9.17, 15) is 5.11 Å². The Bertz CT molecular complexity index is 468. The van der Waals surface area contributed by atoms with Gasteiger partial charge in [-0.05, 0) is 29.2 Å². The molecule has 1 aliphatic rings. The Balaban J connectivity index is -0.000000309. The minimum Gasteiger partial charge on any atom is -1.00 e. The Hall–Kier alpha value is -0.0457. The van der Waals surface area contributed by atoms with E-state index in [2.05, 4.69) is 50.7 Å². The van der Waals surface area contributed by atoms with Crippen molar-refractivity contribution in [3.63, 3.8) is 0 Å². The van der Waals surface area contributed by atoms with Gasteiger partial charge in [0.05, 0.1) is 0 Å². The number of hydrogen-bond donors (Lipinski definition) is 1. The van der Waals surface area contributed by atoms with Gasteiger partial charge >= 0.3 is 24.8 Å². The average Bonchev–Trinajstić information content (AvgIpc) is 2.81. The normalized spacial score (nSPS) is 11.7. The van der Waals surface area contributed by atoms with Crippen LogP contribution in [0.15, 0.2) is 35.9 Å². The van der Waals surface area contributed by atoms with Crippen LogP contribution in [0.3, 0.4) is 0 Å². The molecule has 1 aromatic rings. The summed E-state index contributed by atoms with van der Waals surface area (Å²) in [5.41, 5.74) is 2.35. The molecule has 0 bridgehead atoms. The van der Waals surface area contributed by atoms with E-state index in [0.717, 1.165) is 12.0 Å². The minimum absolute atomic E-state index is 0. The van der Waals surface area contributed by atoms with Crippen LogP contribution in [0.2, 0.25) is 5.02 Å². The van der Waals surface area contributed by atoms with E-state index in [4.69, 9.17) is 11.6 Å². The molecule has 1 nitrogen and oxygen atoms in total. The van der Waals surface area contributed by atoms with Crippen LogP contribution >= 0.6 is 11.6 Å². The molecular formula is C17H22Cl3OTi-2. The zero-order valence-electron chi connectivity index (χ0n) is 13.4. The van der Waals surface area contributed by atoms with Gasteiger partial charge < -0.3 is 29.9 Å². The first-order chi connectivity index (χ1) is 9.29. The summed E-state index contributed by atoms with van der Waals surface area (Å²) in [4.78, 5) is 3.25. The Labute approximate surface area is 163 Å². The zero-order valence-corrected chi connectivity index (χ0v) is 17.2. The number of aromatic hydroxyl groups is 1. The van der Waals surface area contributed by atoms with E-state index in [1.807, 2.05) is 6.07 Å². The van der Waals surface area contributed by atoms with Crippen LogP contribution in [-0.2, 0) is 25.4 Å². The van der Waals surface area contributed by atoms with E-state index >= 15 is 0 Å². The fourth-order valence-corrected chi connectivity index (χ4v) is 1.75. The van der Waals surface area contributed by atoms with E-state index < -0.39 is 0 Å². The second-order valence-corrected chi connectivity index (χ2v) is 5.85. The molecule has 0 saturated carbocycles. The van der Waals surface area contributed by atoms with Crippen molar-refractivity contribution in [1.29, 1.82) is 0 Å². The molecule has 123 valence electrons. The summed E-state index contributed by atoms with van der Waals surface area (Å²) < 4.78 is 0. The Kier molecular flexibility index (Phi) is 16.3. The third-order valence-electron chi connectivity index (χ3n) is 2.62. The molecule has 0 amide bonds. The second kappa shape index (κ2) is 13.4. The van der Waals surface area contributed by atoms with Crippen LogP contribution in [0.5, 0.6) is 5.75 Å². The van der Waals surface area contributed by atoms with Gasteiger partial charge in [0.25, 0.3) is 0 Å². The van der Waals surface area contributed by atoms with Crippen molar-refractivity contribution in [3.8, 4) is 5.75 Å². The molecular weight excluding hydrogens is 374 g/mol. The Morgan fingerprint density at radius 2 is 1.73 bits per heavy atom. The average molecular weight is 397 g/mol. The third-order valence-corrected chi connectivity index (χ3v) is 2.83. The van der Waals surface area contributed by atoms with Gasteiger partial charge in [-0.1, -0.05) is 39.3 Å². The summed E-state index contributed by atoms with van der Waals surface area (Å²) in [6, 6.07) is 5.16. The van der Waals surface area contributed by atoms with Gasteiger partial charge in [-0.2, -0.15) is 6.08 Å². The summed E-state index contributed by atoms with van der Waals surface area (Å²) in [5, 5.41) is 9.86. The van der Waals surface area contributed by atoms with Crippen LogP contribution in [0.1, 0.15) is 39.7 Å². The van der Waals surface area contributed by atoms with Crippen molar-refractivity contribution >= 4 is 16.4 Å². The van der Waals surface area contributed by atoms with Gasteiger partial charge in [-0.25, -0.2) is 11.6 Å². The van der Waals surface area contributed by atoms with Crippen LogP contribution < -0.4 is 24.8 Å². The maximum absolute atomic E-state index is 9.27. The molecule has 0 fully saturated rings. The van der Waals surface area contributed by atoms with Crippen LogP contribution in [0, 0.1) is 6.08 Å². The SMILES string of the molecule is CC(C)(C)c1cc(O)cc(Cl)c1.CC1=[C-]CC=C1.[CH2]=[Ti+].[Cl-].[Cl-]. The number of benzene rings is 1. The van der Waals surface area contributed by atoms with E-state index in [1.54, 1.807) is 26.0 Å². The number of hydrogen-bond acceptors (Lipinski definition) is 1. The molecule has 0 aliphatic heterocycles. The van der Waals surface area contributed by atoms with Crippen LogP contribution in [0.25, 0.3) is 0 Å². The summed E-state index contributed by atoms with van der Waals surface area (Å²) >= 11 is 7.55. The van der Waals surface area contributed by atoms with E-state index in [-0.39, 0.29) is 36.0 Å². The second-order valence-electron chi connectivity index (χ2n) is 5.41. The molecule has 0 radical (unpaired) electrons. The number of rotatable bonds is 0. The molecule has 5 heteroatoms. The van der Waals surface area contributed by atoms with Gasteiger partial charge in [0.1, 0.15) is 5.75 Å². The van der Waals surface area contributed by atoms with E-state index in [1.165, 1.54) is 11.6 Å². The van der Waals surface area contributed by atoms with Crippen molar-refractivity contribution in [2.24, 2.45) is 0 Å². The predicted molar refractivity (Wildman–Crippen MR) is 85.1 cm³/mol. The number of allylic oxidation sites excluding steroid dienone is 4. The van der Waals surface area contributed by atoms with Gasteiger partial charge in [0, 0.05) is 5.02 Å². The minimum atomic E-state index is 0. The Morgan fingerprint density at radius 1 is 1.18 bits per heavy atom. The first-order valence-electron chi connectivity index (χ1n) is 6.38. The standard InChI is InChI=1S/C10H13ClO.C6H7.CH2.2ClH.Ti/c1-10(2,3)7-4-8(11)6-9(12)5-7;1-6-4-2-3-5-6;;;;/h4-6,12H,1-3H3;2,4H,3H2,1H3;1H2;2*1H;/q;-1;;;;+1/p-2. The quantitative estimate of drug-likeness (QED) is 0.441. The topological polar surface area (TPSA) is 20.2 Å². The maximum atomic E-state index is 9.27. The molecule has 1 N–H and O–H groups in total. The summed E-state index contributed by atoms with van der Waals surface area (Å²) in [5.74, 6) is 0.229. The first kappa shape index (κ1) is 26.8. The van der Waals surface area contributed by atoms with Gasteiger partial charge in [-0.15, -0.1) is 6.42 Å². The molecule has 0 atom stereocenters. The van der Waals surface area contributed by atoms with Gasteiger partial charge in [0.2, 0.25) is 0 Å². The van der Waals surface area contributed by atoms with Crippen LogP contribution in [-0.4, -0.2) is 9.92 Å². The zero-order chi connectivity index (χ0) is 15.8. The first-order valence-corrected chi connectivity index (χ1v) is 7.86. The van der Waals surface area contributed by atoms with Gasteiger partial charge in [0.15, 0.2) is 0 Å². The molecule has 1 aliphatic carbocycles. The van der Waals surface area contributed by atoms with Crippen molar-refractivity contribution in [1.82, 2.24) is 0 Å². The number of phenolic OH excluding ortho intramolecular Hbond substituents is 1. The summed E-state index contributed by atoms with van der Waals surface area (Å²) in [7, 11) is 0. The molecule has 0 aromatic heterocycles. The van der Waals surface area contributed by atoms with Crippen molar-refractivity contribution < 1.29 is 49.9 Å². The van der Waals surface area contributed by atoms with E-state index in [0.29, 0.717) is 5.02 Å². The maximum Gasteiger partial charge on any atom is -1.00 e. The van der Waals surface area contributed by atoms with Crippen LogP contribution in [0.4, 0.5) is 0 Å². The third kappa shape index (κ3) is 11.5. The fourth-order valence-electron chi connectivity index (χ4n) is 1.52.